The van der Waals surface area contributed by atoms with Crippen molar-refractivity contribution in [1.29, 1.82) is 5.41 Å². The Morgan fingerprint density at radius 2 is 2.03 bits per heavy atom. The van der Waals surface area contributed by atoms with Gasteiger partial charge in [-0.15, -0.1) is 11.8 Å². The first kappa shape index (κ1) is 20.5. The normalized spacial score (nSPS) is 39.6. The number of halogens is 1. The summed E-state index contributed by atoms with van der Waals surface area (Å²) in [6.45, 7) is 4.72. The van der Waals surface area contributed by atoms with Crippen LogP contribution in [0.3, 0.4) is 0 Å². The van der Waals surface area contributed by atoms with Crippen LogP contribution in [-0.2, 0) is 14.6 Å². The maximum Gasteiger partial charge on any atom is 0.164 e. The number of allylic oxidation sites excluding steroid dienone is 3. The fourth-order valence-corrected chi connectivity index (χ4v) is 7.44. The Labute approximate surface area is 175 Å². The van der Waals surface area contributed by atoms with E-state index in [9.17, 15) is 8.42 Å². The summed E-state index contributed by atoms with van der Waals surface area (Å²) in [5.74, 6) is 0.646. The second-order valence-corrected chi connectivity index (χ2v) is 12.4. The van der Waals surface area contributed by atoms with Crippen molar-refractivity contribution in [2.45, 2.75) is 48.5 Å². The minimum absolute atomic E-state index is 0.0173. The molecule has 5 atom stereocenters. The molecule has 0 aromatic carbocycles. The largest absolute Gasteiger partial charge is 0.499 e. The third kappa shape index (κ3) is 3.13. The Balaban J connectivity index is 1.55. The van der Waals surface area contributed by atoms with Gasteiger partial charge in [-0.3, -0.25) is 5.41 Å². The first-order valence-electron chi connectivity index (χ1n) is 9.52. The van der Waals surface area contributed by atoms with Crippen molar-refractivity contribution in [3.8, 4) is 0 Å². The minimum Gasteiger partial charge on any atom is -0.499 e. The molecule has 1 aliphatic carbocycles. The molecule has 3 aliphatic heterocycles. The number of nitrogens with one attached hydrogen (secondary N) is 3. The number of thioether (sulfide) groups is 1. The van der Waals surface area contributed by atoms with Crippen LogP contribution in [0.4, 0.5) is 4.39 Å². The molecule has 0 aromatic heterocycles. The van der Waals surface area contributed by atoms with Gasteiger partial charge in [-0.25, -0.2) is 12.8 Å². The number of ether oxygens (including phenoxy) is 1. The van der Waals surface area contributed by atoms with Gasteiger partial charge < -0.3 is 15.4 Å². The van der Waals surface area contributed by atoms with E-state index < -0.39 is 31.5 Å². The number of hydrogen-bond donors (Lipinski definition) is 3. The smallest absolute Gasteiger partial charge is 0.164 e. The molecule has 3 N–H and O–H groups in total. The van der Waals surface area contributed by atoms with Gasteiger partial charge in [-0.1, -0.05) is 18.2 Å². The van der Waals surface area contributed by atoms with Gasteiger partial charge >= 0.3 is 0 Å². The molecule has 29 heavy (non-hydrogen) atoms. The average molecular weight is 440 g/mol. The van der Waals surface area contributed by atoms with Crippen molar-refractivity contribution in [2.24, 2.45) is 5.92 Å². The highest BCUT2D eigenvalue weighted by Gasteiger charge is 2.55. The van der Waals surface area contributed by atoms with Crippen LogP contribution in [0.2, 0.25) is 0 Å². The van der Waals surface area contributed by atoms with Crippen LogP contribution in [0.1, 0.15) is 20.8 Å². The van der Waals surface area contributed by atoms with Crippen LogP contribution in [0.15, 0.2) is 46.7 Å². The first-order valence-corrected chi connectivity index (χ1v) is 12.0. The van der Waals surface area contributed by atoms with Gasteiger partial charge in [0.15, 0.2) is 9.84 Å². The second-order valence-electron chi connectivity index (χ2n) is 8.64. The van der Waals surface area contributed by atoms with Gasteiger partial charge in [0.25, 0.3) is 0 Å². The topological polar surface area (TPSA) is 91.3 Å². The molecule has 0 saturated carbocycles. The molecule has 6 nitrogen and oxygen atoms in total. The molecule has 0 radical (unpaired) electrons. The number of sulfone groups is 1. The number of hydrogen-bond acceptors (Lipinski definition) is 6. The average Bonchev–Trinajstić information content (AvgIpc) is 3.23. The van der Waals surface area contributed by atoms with Gasteiger partial charge in [-0.05, 0) is 32.9 Å². The summed E-state index contributed by atoms with van der Waals surface area (Å²) in [5.41, 5.74) is -0.237. The predicted octanol–water partition coefficient (Wildman–Crippen LogP) is 2.43. The van der Waals surface area contributed by atoms with E-state index in [1.807, 2.05) is 12.2 Å². The van der Waals surface area contributed by atoms with E-state index in [1.54, 1.807) is 20.1 Å². The third-order valence-electron chi connectivity index (χ3n) is 6.22. The molecule has 1 saturated heterocycles. The van der Waals surface area contributed by atoms with Crippen LogP contribution in [0.25, 0.3) is 0 Å². The number of rotatable bonds is 3. The van der Waals surface area contributed by atoms with Crippen molar-refractivity contribution in [3.63, 3.8) is 0 Å². The summed E-state index contributed by atoms with van der Waals surface area (Å²) in [7, 11) is -1.97. The Bertz CT molecular complexity index is 983. The van der Waals surface area contributed by atoms with Crippen LogP contribution >= 0.6 is 11.8 Å². The highest BCUT2D eigenvalue weighted by atomic mass is 32.2. The van der Waals surface area contributed by atoms with Gasteiger partial charge in [0.05, 0.1) is 29.7 Å². The zero-order valence-corrected chi connectivity index (χ0v) is 18.5. The minimum atomic E-state index is -3.60. The molecule has 0 spiro atoms. The highest BCUT2D eigenvalue weighted by Crippen LogP contribution is 2.47. The number of alkyl halides is 1. The fourth-order valence-electron chi connectivity index (χ4n) is 4.22. The summed E-state index contributed by atoms with van der Waals surface area (Å²) >= 11 is 1.33. The zero-order valence-electron chi connectivity index (χ0n) is 16.8. The number of amidine groups is 1. The quantitative estimate of drug-likeness (QED) is 0.626. The van der Waals surface area contributed by atoms with E-state index in [0.717, 1.165) is 16.4 Å². The van der Waals surface area contributed by atoms with E-state index in [2.05, 4.69) is 22.8 Å². The van der Waals surface area contributed by atoms with E-state index in [0.29, 0.717) is 0 Å². The summed E-state index contributed by atoms with van der Waals surface area (Å²) < 4.78 is 44.8. The summed E-state index contributed by atoms with van der Waals surface area (Å²) in [4.78, 5) is 0.762. The number of fused-ring (bicyclic) bond motifs is 1. The molecular formula is C20H26FN3O3S2. The van der Waals surface area contributed by atoms with E-state index in [1.165, 1.54) is 25.6 Å². The lowest BCUT2D eigenvalue weighted by atomic mass is 9.94. The molecule has 0 aromatic rings. The van der Waals surface area contributed by atoms with Crippen molar-refractivity contribution in [2.75, 3.05) is 12.9 Å². The Morgan fingerprint density at radius 1 is 1.31 bits per heavy atom. The molecule has 0 bridgehead atoms. The summed E-state index contributed by atoms with van der Waals surface area (Å²) in [6, 6.07) is -0.0173. The fraction of sp³-hybridized carbons (Fsp3) is 0.550. The van der Waals surface area contributed by atoms with Crippen molar-refractivity contribution in [3.05, 3.63) is 46.7 Å². The lowest BCUT2D eigenvalue weighted by molar-refractivity contribution is 0.248. The Kier molecular flexibility index (Phi) is 4.70. The van der Waals surface area contributed by atoms with E-state index in [4.69, 9.17) is 10.1 Å². The van der Waals surface area contributed by atoms with Gasteiger partial charge in [0, 0.05) is 16.5 Å². The van der Waals surface area contributed by atoms with Crippen molar-refractivity contribution >= 4 is 27.4 Å². The SMILES string of the molecule is COC1=CC=CC2C=C(C3=CC(F)C([C@]4(C)CS(=O)(=O)C(C)(C)C(=N)N4)S3)NC12. The van der Waals surface area contributed by atoms with Crippen LogP contribution in [-0.4, -0.2) is 54.9 Å². The third-order valence-corrected chi connectivity index (χ3v) is 10.6. The molecule has 158 valence electrons. The van der Waals surface area contributed by atoms with Gasteiger partial charge in [-0.2, -0.15) is 0 Å². The molecular weight excluding hydrogens is 413 g/mol. The van der Waals surface area contributed by atoms with Gasteiger partial charge in [0.2, 0.25) is 0 Å². The Hall–Kier alpha value is -1.74. The van der Waals surface area contributed by atoms with Crippen LogP contribution < -0.4 is 10.6 Å². The second kappa shape index (κ2) is 6.63. The predicted molar refractivity (Wildman–Crippen MR) is 114 cm³/mol. The summed E-state index contributed by atoms with van der Waals surface area (Å²) in [6.07, 6.45) is 8.21. The zero-order chi connectivity index (χ0) is 21.2. The maximum absolute atomic E-state index is 15.1. The van der Waals surface area contributed by atoms with Gasteiger partial charge in [0.1, 0.15) is 22.5 Å². The standard InChI is InChI=1S/C20H26FN3O3S2/c1-19(2)18(22)24-20(3,10-29(19,25)26)17-12(21)9-15(28-17)13-8-11-6-5-7-14(27-4)16(11)23-13/h5-9,11-12,16-17,23H,10H2,1-4H3,(H2,22,24)/t11?,12?,16?,17?,20-/m0/s1. The molecule has 4 aliphatic rings. The molecule has 3 heterocycles. The maximum atomic E-state index is 15.1. The first-order chi connectivity index (χ1) is 13.5. The van der Waals surface area contributed by atoms with Crippen molar-refractivity contribution in [1.82, 2.24) is 10.6 Å². The summed E-state index contributed by atoms with van der Waals surface area (Å²) in [5, 5.41) is 14.0. The Morgan fingerprint density at radius 3 is 2.69 bits per heavy atom. The van der Waals surface area contributed by atoms with Crippen molar-refractivity contribution < 1.29 is 17.5 Å². The van der Waals surface area contributed by atoms with Crippen LogP contribution in [0.5, 0.6) is 0 Å². The monoisotopic (exact) mass is 439 g/mol. The molecule has 9 heteroatoms. The lowest BCUT2D eigenvalue weighted by Crippen LogP contribution is -2.69. The van der Waals surface area contributed by atoms with E-state index in [-0.39, 0.29) is 23.5 Å². The lowest BCUT2D eigenvalue weighted by Gasteiger charge is -2.46. The highest BCUT2D eigenvalue weighted by molar-refractivity contribution is 8.04. The molecule has 0 amide bonds. The molecule has 4 rings (SSSR count). The van der Waals surface area contributed by atoms with Crippen LogP contribution in [0, 0.1) is 11.3 Å². The molecule has 1 fully saturated rings. The number of methoxy groups -OCH3 is 1. The molecule has 4 unspecified atom stereocenters. The van der Waals surface area contributed by atoms with E-state index >= 15 is 4.39 Å².